The average molecular weight is 443 g/mol. The average Bonchev–Trinajstić information content (AvgIpc) is 2.70. The second-order valence-corrected chi connectivity index (χ2v) is 9.69. The number of hydrogen-bond donors (Lipinski definition) is 0. The molecule has 0 heterocycles. The molecular weight excluding hydrogens is 408 g/mol. The Morgan fingerprint density at radius 3 is 2.50 bits per heavy atom. The molecule has 0 aromatic heterocycles. The highest BCUT2D eigenvalue weighted by Crippen LogP contribution is 2.37. The van der Waals surface area contributed by atoms with Crippen LogP contribution in [-0.4, -0.2) is 54.0 Å². The van der Waals surface area contributed by atoms with Crippen LogP contribution in [0.1, 0.15) is 50.4 Å². The van der Waals surface area contributed by atoms with Crippen molar-refractivity contribution in [1.82, 2.24) is 0 Å². The van der Waals surface area contributed by atoms with Gasteiger partial charge in [0.05, 0.1) is 31.5 Å². The summed E-state index contributed by atoms with van der Waals surface area (Å²) in [6.45, 7) is 7.35. The molecule has 0 radical (unpaired) electrons. The molecule has 1 fully saturated rings. The predicted octanol–water partition coefficient (Wildman–Crippen LogP) is 3.67. The molecule has 7 nitrogen and oxygen atoms in total. The summed E-state index contributed by atoms with van der Waals surface area (Å²) in [4.78, 5) is 12.3. The van der Waals surface area contributed by atoms with Gasteiger partial charge in [-0.2, -0.15) is 8.42 Å². The van der Waals surface area contributed by atoms with Gasteiger partial charge in [-0.3, -0.25) is 4.18 Å². The molecule has 0 aliphatic heterocycles. The van der Waals surface area contributed by atoms with Crippen molar-refractivity contribution in [3.63, 3.8) is 0 Å². The Bertz CT molecular complexity index is 775. The summed E-state index contributed by atoms with van der Waals surface area (Å²) < 4.78 is 47.2. The van der Waals surface area contributed by atoms with Crippen LogP contribution in [0.5, 0.6) is 0 Å². The molecule has 0 spiro atoms. The Labute approximate surface area is 180 Å². The van der Waals surface area contributed by atoms with E-state index in [1.54, 1.807) is 19.2 Å². The lowest BCUT2D eigenvalue weighted by Crippen LogP contribution is -2.36. The molecule has 30 heavy (non-hydrogen) atoms. The van der Waals surface area contributed by atoms with E-state index in [1.165, 1.54) is 12.1 Å². The smallest absolute Gasteiger partial charge is 0.339 e. The number of ether oxygens (including phenoxy) is 3. The predicted molar refractivity (Wildman–Crippen MR) is 113 cm³/mol. The molecule has 0 bridgehead atoms. The second kappa shape index (κ2) is 11.8. The Hall–Kier alpha value is -1.48. The highest BCUT2D eigenvalue weighted by Gasteiger charge is 2.36. The van der Waals surface area contributed by atoms with Crippen molar-refractivity contribution < 1.29 is 31.6 Å². The first-order valence-corrected chi connectivity index (χ1v) is 11.9. The zero-order valence-corrected chi connectivity index (χ0v) is 19.2. The molecule has 2 rings (SSSR count). The van der Waals surface area contributed by atoms with E-state index >= 15 is 0 Å². The lowest BCUT2D eigenvalue weighted by molar-refractivity contribution is 0.0209. The van der Waals surface area contributed by atoms with Crippen LogP contribution >= 0.6 is 0 Å². The summed E-state index contributed by atoms with van der Waals surface area (Å²) in [5.41, 5.74) is -0.0284. The summed E-state index contributed by atoms with van der Waals surface area (Å²) in [5, 5.41) is 0. The number of rotatable bonds is 11. The van der Waals surface area contributed by atoms with E-state index in [2.05, 4.69) is 20.8 Å². The first kappa shape index (κ1) is 24.8. The first-order chi connectivity index (χ1) is 14.3. The van der Waals surface area contributed by atoms with Gasteiger partial charge in [-0.1, -0.05) is 39.3 Å². The fourth-order valence-corrected chi connectivity index (χ4v) is 5.12. The molecular formula is C22H34O7S. The summed E-state index contributed by atoms with van der Waals surface area (Å²) in [6, 6.07) is 6.00. The number of hydrogen-bond acceptors (Lipinski definition) is 7. The maximum atomic E-state index is 13.1. The lowest BCUT2D eigenvalue weighted by atomic mass is 9.75. The zero-order valence-electron chi connectivity index (χ0n) is 18.3. The van der Waals surface area contributed by atoms with Gasteiger partial charge in [0.1, 0.15) is 11.5 Å². The van der Waals surface area contributed by atoms with Gasteiger partial charge in [-0.25, -0.2) is 4.79 Å². The van der Waals surface area contributed by atoms with Gasteiger partial charge >= 0.3 is 5.97 Å². The molecule has 0 saturated heterocycles. The number of carbonyl (C=O) groups excluding carboxylic acids is 1. The van der Waals surface area contributed by atoms with Crippen LogP contribution < -0.4 is 0 Å². The minimum absolute atomic E-state index is 0.0212. The van der Waals surface area contributed by atoms with Crippen LogP contribution in [-0.2, 0) is 28.5 Å². The van der Waals surface area contributed by atoms with Gasteiger partial charge in [-0.05, 0) is 42.7 Å². The zero-order chi connectivity index (χ0) is 22.1. The van der Waals surface area contributed by atoms with Crippen LogP contribution in [0.15, 0.2) is 29.2 Å². The highest BCUT2D eigenvalue weighted by atomic mass is 32.2. The van der Waals surface area contributed by atoms with Gasteiger partial charge in [0.25, 0.3) is 10.1 Å². The molecule has 1 saturated carbocycles. The van der Waals surface area contributed by atoms with Crippen LogP contribution in [0.2, 0.25) is 0 Å². The molecule has 1 aromatic carbocycles. The molecule has 170 valence electrons. The Morgan fingerprint density at radius 2 is 1.80 bits per heavy atom. The molecule has 0 amide bonds. The third-order valence-corrected chi connectivity index (χ3v) is 6.88. The summed E-state index contributed by atoms with van der Waals surface area (Å²) in [7, 11) is -2.55. The Morgan fingerprint density at radius 1 is 1.10 bits per heavy atom. The van der Waals surface area contributed by atoms with E-state index in [0.717, 1.165) is 12.8 Å². The summed E-state index contributed by atoms with van der Waals surface area (Å²) in [5.74, 6) is 0.166. The van der Waals surface area contributed by atoms with Crippen LogP contribution in [0.25, 0.3) is 0 Å². The standard InChI is InChI=1S/C22H34O7S/c1-16(2)18-10-9-17(3)15-20(18)29-30(24,25)21-8-6-5-7-19(21)22(23)28-14-13-27-12-11-26-4/h5-8,16-18,20H,9-15H2,1-4H3/t17-,18+,20+/m0/s1. The van der Waals surface area contributed by atoms with Crippen molar-refractivity contribution in [2.24, 2.45) is 17.8 Å². The van der Waals surface area contributed by atoms with Crippen molar-refractivity contribution in [3.05, 3.63) is 29.8 Å². The summed E-state index contributed by atoms with van der Waals surface area (Å²) in [6.07, 6.45) is 2.30. The topological polar surface area (TPSA) is 88.1 Å². The summed E-state index contributed by atoms with van der Waals surface area (Å²) >= 11 is 0. The van der Waals surface area contributed by atoms with E-state index in [4.69, 9.17) is 18.4 Å². The number of carbonyl (C=O) groups is 1. The Balaban J connectivity index is 2.09. The molecule has 1 aliphatic rings. The van der Waals surface area contributed by atoms with Crippen molar-refractivity contribution in [2.45, 2.75) is 51.0 Å². The molecule has 1 aromatic rings. The minimum Gasteiger partial charge on any atom is -0.460 e. The van der Waals surface area contributed by atoms with E-state index < -0.39 is 22.2 Å². The molecule has 0 N–H and O–H groups in total. The van der Waals surface area contributed by atoms with E-state index in [-0.39, 0.29) is 29.6 Å². The molecule has 8 heteroatoms. The van der Waals surface area contributed by atoms with E-state index in [1.807, 2.05) is 0 Å². The fraction of sp³-hybridized carbons (Fsp3) is 0.682. The minimum atomic E-state index is -4.12. The van der Waals surface area contributed by atoms with Gasteiger partial charge in [0.2, 0.25) is 0 Å². The maximum Gasteiger partial charge on any atom is 0.339 e. The third kappa shape index (κ3) is 7.04. The largest absolute Gasteiger partial charge is 0.460 e. The highest BCUT2D eigenvalue weighted by molar-refractivity contribution is 7.86. The Kier molecular flexibility index (Phi) is 9.74. The van der Waals surface area contributed by atoms with Gasteiger partial charge in [0.15, 0.2) is 0 Å². The molecule has 1 aliphatic carbocycles. The van der Waals surface area contributed by atoms with Crippen molar-refractivity contribution in [2.75, 3.05) is 33.5 Å². The first-order valence-electron chi connectivity index (χ1n) is 10.5. The van der Waals surface area contributed by atoms with E-state index in [0.29, 0.717) is 31.5 Å². The quantitative estimate of drug-likeness (QED) is 0.293. The van der Waals surface area contributed by atoms with Crippen molar-refractivity contribution in [3.8, 4) is 0 Å². The van der Waals surface area contributed by atoms with E-state index in [9.17, 15) is 13.2 Å². The van der Waals surface area contributed by atoms with Crippen molar-refractivity contribution >= 4 is 16.1 Å². The number of esters is 1. The normalized spacial score (nSPS) is 22.2. The maximum absolute atomic E-state index is 13.1. The molecule has 3 atom stereocenters. The number of methoxy groups -OCH3 is 1. The fourth-order valence-electron chi connectivity index (χ4n) is 3.81. The molecule has 0 unspecified atom stereocenters. The van der Waals surface area contributed by atoms with Crippen LogP contribution in [0.3, 0.4) is 0 Å². The van der Waals surface area contributed by atoms with Gasteiger partial charge in [-0.15, -0.1) is 0 Å². The third-order valence-electron chi connectivity index (χ3n) is 5.48. The van der Waals surface area contributed by atoms with Crippen LogP contribution in [0, 0.1) is 17.8 Å². The van der Waals surface area contributed by atoms with Crippen molar-refractivity contribution in [1.29, 1.82) is 0 Å². The number of benzene rings is 1. The van der Waals surface area contributed by atoms with Gasteiger partial charge < -0.3 is 14.2 Å². The lowest BCUT2D eigenvalue weighted by Gasteiger charge is -2.36. The second-order valence-electron chi connectivity index (χ2n) is 8.15. The SMILES string of the molecule is COCCOCCOC(=O)c1ccccc1S(=O)(=O)O[C@@H]1C[C@@H](C)CC[C@@H]1C(C)C. The van der Waals surface area contributed by atoms with Crippen LogP contribution in [0.4, 0.5) is 0 Å². The monoisotopic (exact) mass is 442 g/mol. The van der Waals surface area contributed by atoms with Gasteiger partial charge in [0, 0.05) is 7.11 Å².